The highest BCUT2D eigenvalue weighted by molar-refractivity contribution is 7.92. The minimum absolute atomic E-state index is 0.0550. The molecule has 0 bridgehead atoms. The molecule has 0 saturated carbocycles. The Labute approximate surface area is 97.5 Å². The molecule has 0 radical (unpaired) electrons. The van der Waals surface area contributed by atoms with Gasteiger partial charge in [-0.15, -0.1) is 0 Å². The molecule has 0 amide bonds. The summed E-state index contributed by atoms with van der Waals surface area (Å²) in [4.78, 5) is 10.2. The standard InChI is InChI=1S/C9H9ClO5S/c1-15-6-2-3-8(7(10)4-6)16(13,14)5-9(11)12/h2-4H,5H2,1H3,(H,11,12). The highest BCUT2D eigenvalue weighted by Gasteiger charge is 2.21. The Kier molecular flexibility index (Phi) is 3.77. The van der Waals surface area contributed by atoms with Gasteiger partial charge >= 0.3 is 5.97 Å². The molecule has 0 aromatic heterocycles. The number of sulfone groups is 1. The Balaban J connectivity index is 3.19. The molecule has 88 valence electrons. The van der Waals surface area contributed by atoms with Crippen molar-refractivity contribution in [3.63, 3.8) is 0 Å². The van der Waals surface area contributed by atoms with Crippen molar-refractivity contribution in [1.29, 1.82) is 0 Å². The van der Waals surface area contributed by atoms with Gasteiger partial charge in [0.1, 0.15) is 5.75 Å². The van der Waals surface area contributed by atoms with Crippen LogP contribution in [0.15, 0.2) is 23.1 Å². The van der Waals surface area contributed by atoms with E-state index in [9.17, 15) is 13.2 Å². The van der Waals surface area contributed by atoms with Crippen molar-refractivity contribution in [2.75, 3.05) is 12.9 Å². The Morgan fingerprint density at radius 3 is 2.56 bits per heavy atom. The van der Waals surface area contributed by atoms with Gasteiger partial charge in [-0.3, -0.25) is 4.79 Å². The first-order chi connectivity index (χ1) is 7.36. The van der Waals surface area contributed by atoms with E-state index in [1.165, 1.54) is 25.3 Å². The molecule has 1 aromatic rings. The van der Waals surface area contributed by atoms with Crippen LogP contribution in [0.25, 0.3) is 0 Å². The van der Waals surface area contributed by atoms with Crippen LogP contribution in [0.2, 0.25) is 5.02 Å². The predicted octanol–water partition coefficient (Wildman–Crippen LogP) is 1.21. The molecular weight excluding hydrogens is 256 g/mol. The zero-order valence-electron chi connectivity index (χ0n) is 8.31. The minimum Gasteiger partial charge on any atom is -0.497 e. The number of benzene rings is 1. The van der Waals surface area contributed by atoms with Gasteiger partial charge in [-0.1, -0.05) is 11.6 Å². The number of halogens is 1. The number of aliphatic carboxylic acids is 1. The number of ether oxygens (including phenoxy) is 1. The third-order valence-corrected chi connectivity index (χ3v) is 3.87. The third kappa shape index (κ3) is 2.86. The first-order valence-electron chi connectivity index (χ1n) is 4.15. The summed E-state index contributed by atoms with van der Waals surface area (Å²) in [6, 6.07) is 3.94. The largest absolute Gasteiger partial charge is 0.497 e. The van der Waals surface area contributed by atoms with Crippen molar-refractivity contribution >= 4 is 27.4 Å². The van der Waals surface area contributed by atoms with Gasteiger partial charge in [-0.05, 0) is 12.1 Å². The zero-order valence-corrected chi connectivity index (χ0v) is 9.88. The molecule has 0 unspecified atom stereocenters. The van der Waals surface area contributed by atoms with E-state index in [-0.39, 0.29) is 9.92 Å². The van der Waals surface area contributed by atoms with Crippen LogP contribution in [0.4, 0.5) is 0 Å². The lowest BCUT2D eigenvalue weighted by atomic mass is 10.3. The van der Waals surface area contributed by atoms with E-state index in [1.807, 2.05) is 0 Å². The first kappa shape index (κ1) is 12.8. The molecule has 0 aliphatic carbocycles. The smallest absolute Gasteiger partial charge is 0.319 e. The van der Waals surface area contributed by atoms with Crippen LogP contribution in [0.3, 0.4) is 0 Å². The zero-order chi connectivity index (χ0) is 12.3. The van der Waals surface area contributed by atoms with Crippen molar-refractivity contribution in [2.45, 2.75) is 4.90 Å². The third-order valence-electron chi connectivity index (χ3n) is 1.79. The van der Waals surface area contributed by atoms with Crippen LogP contribution in [0, 0.1) is 0 Å². The van der Waals surface area contributed by atoms with E-state index in [0.717, 1.165) is 0 Å². The van der Waals surface area contributed by atoms with Crippen LogP contribution < -0.4 is 4.74 Å². The van der Waals surface area contributed by atoms with Crippen LogP contribution in [0.1, 0.15) is 0 Å². The van der Waals surface area contributed by atoms with E-state index in [4.69, 9.17) is 21.4 Å². The number of carboxylic acid groups (broad SMARTS) is 1. The first-order valence-corrected chi connectivity index (χ1v) is 6.18. The normalized spacial score (nSPS) is 11.1. The maximum absolute atomic E-state index is 11.6. The number of methoxy groups -OCH3 is 1. The second-order valence-electron chi connectivity index (χ2n) is 2.95. The summed E-state index contributed by atoms with van der Waals surface area (Å²) in [5.74, 6) is -2.01. The van der Waals surface area contributed by atoms with Gasteiger partial charge in [0.05, 0.1) is 17.0 Å². The maximum atomic E-state index is 11.6. The summed E-state index contributed by atoms with van der Waals surface area (Å²) < 4.78 is 28.0. The summed E-state index contributed by atoms with van der Waals surface area (Å²) >= 11 is 5.72. The summed E-state index contributed by atoms with van der Waals surface area (Å²) in [5.41, 5.74) is 0. The fourth-order valence-corrected chi connectivity index (χ4v) is 2.74. The van der Waals surface area contributed by atoms with Gasteiger partial charge in [-0.2, -0.15) is 0 Å². The van der Waals surface area contributed by atoms with Gasteiger partial charge in [0.25, 0.3) is 0 Å². The summed E-state index contributed by atoms with van der Waals surface area (Å²) in [5, 5.41) is 8.40. The molecule has 1 N–H and O–H groups in total. The monoisotopic (exact) mass is 264 g/mol. The molecule has 0 aliphatic heterocycles. The average Bonchev–Trinajstić information content (AvgIpc) is 2.14. The number of carboxylic acids is 1. The van der Waals surface area contributed by atoms with E-state index in [1.54, 1.807) is 0 Å². The molecule has 0 heterocycles. The molecule has 0 atom stereocenters. The number of carbonyl (C=O) groups is 1. The van der Waals surface area contributed by atoms with Gasteiger partial charge in [0, 0.05) is 6.07 Å². The fraction of sp³-hybridized carbons (Fsp3) is 0.222. The lowest BCUT2D eigenvalue weighted by molar-refractivity contribution is -0.134. The van der Waals surface area contributed by atoms with Crippen molar-refractivity contribution in [1.82, 2.24) is 0 Å². The van der Waals surface area contributed by atoms with Crippen LogP contribution in [0.5, 0.6) is 5.75 Å². The lowest BCUT2D eigenvalue weighted by Crippen LogP contribution is -2.15. The van der Waals surface area contributed by atoms with Crippen LogP contribution in [-0.2, 0) is 14.6 Å². The minimum atomic E-state index is -3.90. The summed E-state index contributed by atoms with van der Waals surface area (Å²) in [6.45, 7) is 0. The number of rotatable bonds is 4. The quantitative estimate of drug-likeness (QED) is 0.884. The molecular formula is C9H9ClO5S. The van der Waals surface area contributed by atoms with Gasteiger partial charge < -0.3 is 9.84 Å². The van der Waals surface area contributed by atoms with Crippen molar-refractivity contribution in [3.8, 4) is 5.75 Å². The molecule has 5 nitrogen and oxygen atoms in total. The van der Waals surface area contributed by atoms with E-state index in [2.05, 4.69) is 0 Å². The molecule has 0 saturated heterocycles. The molecule has 0 fully saturated rings. The van der Waals surface area contributed by atoms with Gasteiger partial charge in [0.2, 0.25) is 0 Å². The molecule has 1 rings (SSSR count). The SMILES string of the molecule is COc1ccc(S(=O)(=O)CC(=O)O)c(Cl)c1. The second kappa shape index (κ2) is 4.71. The highest BCUT2D eigenvalue weighted by atomic mass is 35.5. The van der Waals surface area contributed by atoms with Gasteiger partial charge in [0.15, 0.2) is 15.6 Å². The Morgan fingerprint density at radius 2 is 2.12 bits per heavy atom. The molecule has 16 heavy (non-hydrogen) atoms. The molecule has 1 aromatic carbocycles. The number of hydrogen-bond acceptors (Lipinski definition) is 4. The Morgan fingerprint density at radius 1 is 1.50 bits per heavy atom. The van der Waals surface area contributed by atoms with Crippen molar-refractivity contribution in [2.24, 2.45) is 0 Å². The predicted molar refractivity (Wildman–Crippen MR) is 57.7 cm³/mol. The Hall–Kier alpha value is -1.27. The summed E-state index contributed by atoms with van der Waals surface area (Å²) in [7, 11) is -2.49. The summed E-state index contributed by atoms with van der Waals surface area (Å²) in [6.07, 6.45) is 0. The van der Waals surface area contributed by atoms with Gasteiger partial charge in [-0.25, -0.2) is 8.42 Å². The Bertz CT molecular complexity index is 509. The maximum Gasteiger partial charge on any atom is 0.319 e. The van der Waals surface area contributed by atoms with Crippen LogP contribution >= 0.6 is 11.6 Å². The van der Waals surface area contributed by atoms with Crippen molar-refractivity contribution < 1.29 is 23.1 Å². The second-order valence-corrected chi connectivity index (χ2v) is 5.31. The van der Waals surface area contributed by atoms with Crippen LogP contribution in [-0.4, -0.2) is 32.4 Å². The average molecular weight is 265 g/mol. The lowest BCUT2D eigenvalue weighted by Gasteiger charge is -2.06. The fourth-order valence-electron chi connectivity index (χ4n) is 1.10. The van der Waals surface area contributed by atoms with E-state index < -0.39 is 21.6 Å². The molecule has 0 aliphatic rings. The molecule has 0 spiro atoms. The van der Waals surface area contributed by atoms with E-state index in [0.29, 0.717) is 5.75 Å². The molecule has 7 heteroatoms. The van der Waals surface area contributed by atoms with E-state index >= 15 is 0 Å². The number of hydrogen-bond donors (Lipinski definition) is 1. The topological polar surface area (TPSA) is 80.7 Å². The van der Waals surface area contributed by atoms with Crippen molar-refractivity contribution in [3.05, 3.63) is 23.2 Å². The highest BCUT2D eigenvalue weighted by Crippen LogP contribution is 2.26.